The molecule has 1 aromatic rings. The second kappa shape index (κ2) is 9.34. The summed E-state index contributed by atoms with van der Waals surface area (Å²) in [6.07, 6.45) is 5.51. The van der Waals surface area contributed by atoms with Gasteiger partial charge in [0.1, 0.15) is 0 Å². The number of nitrogens with one attached hydrogen (secondary N) is 2. The molecule has 2 aliphatic rings. The van der Waals surface area contributed by atoms with Crippen molar-refractivity contribution < 1.29 is 9.53 Å². The van der Waals surface area contributed by atoms with Crippen LogP contribution in [0, 0.1) is 12.8 Å². The molecule has 0 radical (unpaired) electrons. The number of aromatic nitrogens is 3. The van der Waals surface area contributed by atoms with E-state index in [9.17, 15) is 4.79 Å². The molecule has 1 aromatic heterocycles. The van der Waals surface area contributed by atoms with E-state index >= 15 is 0 Å². The van der Waals surface area contributed by atoms with Crippen LogP contribution >= 0.6 is 12.4 Å². The van der Waals surface area contributed by atoms with Crippen LogP contribution in [0.3, 0.4) is 0 Å². The van der Waals surface area contributed by atoms with Crippen molar-refractivity contribution in [3.63, 3.8) is 0 Å². The number of amides is 1. The van der Waals surface area contributed by atoms with E-state index in [4.69, 9.17) is 4.74 Å². The van der Waals surface area contributed by atoms with Gasteiger partial charge in [0.15, 0.2) is 5.69 Å². The van der Waals surface area contributed by atoms with Crippen LogP contribution in [-0.4, -0.2) is 53.7 Å². The van der Waals surface area contributed by atoms with E-state index in [0.29, 0.717) is 24.9 Å². The Kier molecular flexibility index (Phi) is 7.45. The number of nitrogens with zero attached hydrogens (tertiary/aromatic N) is 3. The molecule has 136 valence electrons. The Morgan fingerprint density at radius 2 is 2.08 bits per heavy atom. The molecular formula is C16H28ClN5O2. The van der Waals surface area contributed by atoms with E-state index in [1.807, 2.05) is 11.6 Å². The van der Waals surface area contributed by atoms with Crippen LogP contribution < -0.4 is 10.6 Å². The summed E-state index contributed by atoms with van der Waals surface area (Å²) in [6.45, 7) is 6.10. The first-order valence-corrected chi connectivity index (χ1v) is 8.74. The number of hydrogen-bond acceptors (Lipinski definition) is 5. The Labute approximate surface area is 149 Å². The van der Waals surface area contributed by atoms with Crippen LogP contribution in [-0.2, 0) is 4.74 Å². The molecule has 1 aliphatic carbocycles. The van der Waals surface area contributed by atoms with E-state index in [1.54, 1.807) is 0 Å². The Hall–Kier alpha value is -1.18. The van der Waals surface area contributed by atoms with Gasteiger partial charge < -0.3 is 15.4 Å². The van der Waals surface area contributed by atoms with Crippen LogP contribution in [0.5, 0.6) is 0 Å². The zero-order valence-electron chi connectivity index (χ0n) is 14.3. The number of halogens is 1. The van der Waals surface area contributed by atoms with Gasteiger partial charge in [0.25, 0.3) is 5.91 Å². The molecular weight excluding hydrogens is 330 g/mol. The summed E-state index contributed by atoms with van der Waals surface area (Å²) in [5.41, 5.74) is 1.31. The summed E-state index contributed by atoms with van der Waals surface area (Å²) >= 11 is 0. The van der Waals surface area contributed by atoms with E-state index in [1.165, 1.54) is 12.8 Å². The van der Waals surface area contributed by atoms with Crippen molar-refractivity contribution >= 4 is 18.3 Å². The average Bonchev–Trinajstić information content (AvgIpc) is 3.32. The van der Waals surface area contributed by atoms with Crippen molar-refractivity contribution in [2.24, 2.45) is 5.92 Å². The zero-order valence-corrected chi connectivity index (χ0v) is 15.1. The molecule has 7 nitrogen and oxygen atoms in total. The monoisotopic (exact) mass is 357 g/mol. The molecule has 1 saturated heterocycles. The van der Waals surface area contributed by atoms with Gasteiger partial charge in [-0.25, -0.2) is 4.68 Å². The van der Waals surface area contributed by atoms with Gasteiger partial charge >= 0.3 is 0 Å². The van der Waals surface area contributed by atoms with E-state index in [0.717, 1.165) is 50.6 Å². The number of ether oxygens (including phenoxy) is 1. The lowest BCUT2D eigenvalue weighted by Gasteiger charge is -2.23. The maximum atomic E-state index is 12.2. The fourth-order valence-corrected chi connectivity index (χ4v) is 2.94. The number of carbonyl (C=O) groups excluding carboxylic acids is 1. The number of rotatable bonds is 8. The molecule has 2 heterocycles. The SMILES string of the molecule is Cc1c(C(=O)NCCCOCC2CC2)nnn1C1CCNCC1.Cl. The van der Waals surface area contributed by atoms with Crippen molar-refractivity contribution in [1.82, 2.24) is 25.6 Å². The van der Waals surface area contributed by atoms with Gasteiger partial charge in [-0.1, -0.05) is 5.21 Å². The largest absolute Gasteiger partial charge is 0.381 e. The third kappa shape index (κ3) is 5.16. The van der Waals surface area contributed by atoms with Gasteiger partial charge in [0.2, 0.25) is 0 Å². The number of carbonyl (C=O) groups is 1. The van der Waals surface area contributed by atoms with Gasteiger partial charge in [-0.15, -0.1) is 17.5 Å². The minimum Gasteiger partial charge on any atom is -0.381 e. The Morgan fingerprint density at radius 3 is 2.79 bits per heavy atom. The van der Waals surface area contributed by atoms with Crippen molar-refractivity contribution in [2.45, 2.75) is 45.1 Å². The smallest absolute Gasteiger partial charge is 0.273 e. The summed E-state index contributed by atoms with van der Waals surface area (Å²) in [7, 11) is 0. The Balaban J connectivity index is 0.00000208. The zero-order chi connectivity index (χ0) is 16.1. The first-order chi connectivity index (χ1) is 11.3. The van der Waals surface area contributed by atoms with E-state index in [-0.39, 0.29) is 18.3 Å². The van der Waals surface area contributed by atoms with Gasteiger partial charge in [-0.3, -0.25) is 4.79 Å². The quantitative estimate of drug-likeness (QED) is 0.689. The highest BCUT2D eigenvalue weighted by molar-refractivity contribution is 5.93. The summed E-state index contributed by atoms with van der Waals surface area (Å²) in [5, 5.41) is 14.5. The molecule has 0 unspecified atom stereocenters. The summed E-state index contributed by atoms with van der Waals surface area (Å²) < 4.78 is 7.47. The van der Waals surface area contributed by atoms with Crippen LogP contribution in [0.4, 0.5) is 0 Å². The lowest BCUT2D eigenvalue weighted by molar-refractivity contribution is 0.0932. The second-order valence-corrected chi connectivity index (χ2v) is 6.58. The maximum absolute atomic E-state index is 12.2. The lowest BCUT2D eigenvalue weighted by Crippen LogP contribution is -2.30. The normalized spacial score (nSPS) is 18.2. The van der Waals surface area contributed by atoms with Gasteiger partial charge in [-0.05, 0) is 58.0 Å². The number of hydrogen-bond donors (Lipinski definition) is 2. The molecule has 24 heavy (non-hydrogen) atoms. The minimum absolute atomic E-state index is 0. The molecule has 3 rings (SSSR count). The second-order valence-electron chi connectivity index (χ2n) is 6.58. The van der Waals surface area contributed by atoms with Crippen molar-refractivity contribution in [3.05, 3.63) is 11.4 Å². The molecule has 0 aromatic carbocycles. The maximum Gasteiger partial charge on any atom is 0.273 e. The first-order valence-electron chi connectivity index (χ1n) is 8.74. The Morgan fingerprint density at radius 1 is 1.33 bits per heavy atom. The molecule has 2 N–H and O–H groups in total. The van der Waals surface area contributed by atoms with Crippen molar-refractivity contribution in [1.29, 1.82) is 0 Å². The molecule has 0 bridgehead atoms. The average molecular weight is 358 g/mol. The minimum atomic E-state index is -0.134. The predicted octanol–water partition coefficient (Wildman–Crippen LogP) is 1.48. The lowest BCUT2D eigenvalue weighted by atomic mass is 10.1. The van der Waals surface area contributed by atoms with Crippen LogP contribution in [0.2, 0.25) is 0 Å². The van der Waals surface area contributed by atoms with Crippen LogP contribution in [0.25, 0.3) is 0 Å². The molecule has 1 aliphatic heterocycles. The predicted molar refractivity (Wildman–Crippen MR) is 93.6 cm³/mol. The molecule has 0 atom stereocenters. The van der Waals surface area contributed by atoms with Gasteiger partial charge in [0, 0.05) is 19.8 Å². The fraction of sp³-hybridized carbons (Fsp3) is 0.812. The molecule has 8 heteroatoms. The molecule has 1 saturated carbocycles. The van der Waals surface area contributed by atoms with E-state index in [2.05, 4.69) is 20.9 Å². The first kappa shape index (κ1) is 19.1. The topological polar surface area (TPSA) is 81.1 Å². The van der Waals surface area contributed by atoms with Crippen molar-refractivity contribution in [3.8, 4) is 0 Å². The highest BCUT2D eigenvalue weighted by Crippen LogP contribution is 2.28. The number of piperidine rings is 1. The summed E-state index contributed by atoms with van der Waals surface area (Å²) in [4.78, 5) is 12.2. The van der Waals surface area contributed by atoms with Crippen molar-refractivity contribution in [2.75, 3.05) is 32.8 Å². The standard InChI is InChI=1S/C16H27N5O2.ClH/c1-12-15(19-20-21(12)14-5-8-17-9-6-14)16(22)18-7-2-10-23-11-13-3-4-13;/h13-14,17H,2-11H2,1H3,(H,18,22);1H. The molecule has 1 amide bonds. The van der Waals surface area contributed by atoms with E-state index < -0.39 is 0 Å². The molecule has 2 fully saturated rings. The van der Waals surface area contributed by atoms with Crippen LogP contribution in [0.1, 0.15) is 54.3 Å². The summed E-state index contributed by atoms with van der Waals surface area (Å²) in [5.74, 6) is 0.655. The highest BCUT2D eigenvalue weighted by Gasteiger charge is 2.23. The summed E-state index contributed by atoms with van der Waals surface area (Å²) in [6, 6.07) is 0.348. The van der Waals surface area contributed by atoms with Gasteiger partial charge in [0.05, 0.1) is 11.7 Å². The van der Waals surface area contributed by atoms with Crippen LogP contribution in [0.15, 0.2) is 0 Å². The third-order valence-electron chi connectivity index (χ3n) is 4.60. The molecule has 0 spiro atoms. The fourth-order valence-electron chi connectivity index (χ4n) is 2.94. The Bertz CT molecular complexity index is 527. The third-order valence-corrected chi connectivity index (χ3v) is 4.60. The highest BCUT2D eigenvalue weighted by atomic mass is 35.5. The van der Waals surface area contributed by atoms with Gasteiger partial charge in [-0.2, -0.15) is 0 Å².